The van der Waals surface area contributed by atoms with Crippen molar-refractivity contribution in [2.75, 3.05) is 26.2 Å². The van der Waals surface area contributed by atoms with Crippen LogP contribution in [-0.2, 0) is 9.53 Å². The number of nitrogens with zero attached hydrogens (tertiary/aromatic N) is 4. The fraction of sp³-hybridized carbons (Fsp3) is 0.737. The van der Waals surface area contributed by atoms with Crippen molar-refractivity contribution in [2.45, 2.75) is 58.1 Å². The average Bonchev–Trinajstić information content (AvgIpc) is 3.23. The second-order valence-electron chi connectivity index (χ2n) is 7.89. The molecule has 2 saturated heterocycles. The maximum atomic E-state index is 12.9. The number of ether oxygens (including phenoxy) is 1. The van der Waals surface area contributed by atoms with Gasteiger partial charge in [-0.3, -0.25) is 9.48 Å². The molecule has 0 bridgehead atoms. The number of carbonyl (C=O) groups is 2. The average molecular weight is 362 g/mol. The molecule has 2 aliphatic rings. The quantitative estimate of drug-likeness (QED) is 0.780. The third-order valence-electron chi connectivity index (χ3n) is 5.52. The molecule has 1 aromatic rings. The van der Waals surface area contributed by atoms with E-state index in [2.05, 4.69) is 18.9 Å². The van der Waals surface area contributed by atoms with Crippen LogP contribution in [0.1, 0.15) is 52.5 Å². The van der Waals surface area contributed by atoms with E-state index in [1.165, 1.54) is 0 Å². The fourth-order valence-corrected chi connectivity index (χ4v) is 3.82. The molecule has 26 heavy (non-hydrogen) atoms. The summed E-state index contributed by atoms with van der Waals surface area (Å²) in [6.07, 6.45) is 6.44. The molecule has 2 aliphatic heterocycles. The number of piperidine rings is 1. The lowest BCUT2D eigenvalue weighted by atomic mass is 9.90. The highest BCUT2D eigenvalue weighted by molar-refractivity contribution is 5.80. The number of aromatic nitrogens is 2. The van der Waals surface area contributed by atoms with Gasteiger partial charge in [0.1, 0.15) is 11.6 Å². The Kier molecular flexibility index (Phi) is 5.53. The van der Waals surface area contributed by atoms with Crippen molar-refractivity contribution in [1.82, 2.24) is 19.6 Å². The molecule has 0 aromatic carbocycles. The summed E-state index contributed by atoms with van der Waals surface area (Å²) in [4.78, 5) is 28.8. The Labute approximate surface area is 155 Å². The van der Waals surface area contributed by atoms with Crippen molar-refractivity contribution < 1.29 is 14.3 Å². The Bertz CT molecular complexity index is 621. The molecule has 0 N–H and O–H groups in total. The summed E-state index contributed by atoms with van der Waals surface area (Å²) in [5, 5.41) is 4.22. The number of rotatable bonds is 6. The van der Waals surface area contributed by atoms with E-state index in [1.807, 2.05) is 29.0 Å². The molecule has 1 atom stereocenters. The molecule has 144 valence electrons. The van der Waals surface area contributed by atoms with Gasteiger partial charge in [0, 0.05) is 44.9 Å². The summed E-state index contributed by atoms with van der Waals surface area (Å²) < 4.78 is 7.49. The molecule has 2 amide bonds. The summed E-state index contributed by atoms with van der Waals surface area (Å²) >= 11 is 0. The van der Waals surface area contributed by atoms with Crippen LogP contribution >= 0.6 is 0 Å². The Balaban J connectivity index is 1.57. The minimum absolute atomic E-state index is 0.104. The highest BCUT2D eigenvalue weighted by Crippen LogP contribution is 2.34. The molecular weight excluding hydrogens is 332 g/mol. The summed E-state index contributed by atoms with van der Waals surface area (Å²) in [6.45, 7) is 8.97. The van der Waals surface area contributed by atoms with Gasteiger partial charge in [0.05, 0.1) is 6.54 Å². The molecule has 7 nitrogen and oxygen atoms in total. The highest BCUT2D eigenvalue weighted by Gasteiger charge is 2.47. The summed E-state index contributed by atoms with van der Waals surface area (Å²) in [5.41, 5.74) is -0.418. The van der Waals surface area contributed by atoms with Crippen LogP contribution in [0, 0.1) is 5.92 Å². The molecular formula is C19H30N4O3. The van der Waals surface area contributed by atoms with Gasteiger partial charge in [0.15, 0.2) is 0 Å². The maximum absolute atomic E-state index is 12.9. The first-order valence-corrected chi connectivity index (χ1v) is 9.70. The molecule has 7 heteroatoms. The van der Waals surface area contributed by atoms with Gasteiger partial charge < -0.3 is 14.5 Å². The number of hydrogen-bond donors (Lipinski definition) is 0. The van der Waals surface area contributed by atoms with E-state index in [0.717, 1.165) is 13.0 Å². The van der Waals surface area contributed by atoms with Crippen LogP contribution in [0.3, 0.4) is 0 Å². The monoisotopic (exact) mass is 362 g/mol. The molecule has 1 unspecified atom stereocenters. The number of likely N-dealkylation sites (tertiary alicyclic amines) is 1. The topological polar surface area (TPSA) is 67.7 Å². The van der Waals surface area contributed by atoms with E-state index in [-0.39, 0.29) is 18.0 Å². The number of amides is 2. The highest BCUT2D eigenvalue weighted by atomic mass is 16.6. The first-order valence-electron chi connectivity index (χ1n) is 9.70. The van der Waals surface area contributed by atoms with E-state index in [1.54, 1.807) is 10.9 Å². The Morgan fingerprint density at radius 1 is 1.35 bits per heavy atom. The maximum Gasteiger partial charge on any atom is 0.410 e. The molecule has 1 aromatic heterocycles. The van der Waals surface area contributed by atoms with Crippen LogP contribution in [0.5, 0.6) is 0 Å². The lowest BCUT2D eigenvalue weighted by molar-refractivity contribution is -0.138. The fourth-order valence-electron chi connectivity index (χ4n) is 3.82. The molecule has 1 spiro atoms. The van der Waals surface area contributed by atoms with Crippen molar-refractivity contribution in [1.29, 1.82) is 0 Å². The SMILES string of the molecule is CCC(C(=O)N1CCC2(CC1)CN(CCC(C)C)C(=O)O2)n1cccn1. The van der Waals surface area contributed by atoms with Gasteiger partial charge in [-0.25, -0.2) is 4.79 Å². The summed E-state index contributed by atoms with van der Waals surface area (Å²) in [6, 6.07) is 1.58. The standard InChI is InChI=1S/C19H30N4O3/c1-4-16(23-10-5-9-20-23)17(24)21-12-7-19(8-13-21)14-22(18(25)26-19)11-6-15(2)3/h5,9-10,15-16H,4,6-8,11-14H2,1-3H3. The first kappa shape index (κ1) is 18.7. The Morgan fingerprint density at radius 3 is 2.65 bits per heavy atom. The lowest BCUT2D eigenvalue weighted by Crippen LogP contribution is -2.50. The first-order chi connectivity index (χ1) is 12.4. The molecule has 0 radical (unpaired) electrons. The minimum Gasteiger partial charge on any atom is -0.441 e. The van der Waals surface area contributed by atoms with Crippen molar-refractivity contribution in [2.24, 2.45) is 5.92 Å². The summed E-state index contributed by atoms with van der Waals surface area (Å²) in [7, 11) is 0. The van der Waals surface area contributed by atoms with E-state index in [0.29, 0.717) is 44.8 Å². The predicted molar refractivity (Wildman–Crippen MR) is 97.6 cm³/mol. The molecule has 0 aliphatic carbocycles. The largest absolute Gasteiger partial charge is 0.441 e. The van der Waals surface area contributed by atoms with Gasteiger partial charge in [-0.2, -0.15) is 5.10 Å². The van der Waals surface area contributed by atoms with Crippen molar-refractivity contribution in [3.63, 3.8) is 0 Å². The smallest absolute Gasteiger partial charge is 0.410 e. The zero-order valence-electron chi connectivity index (χ0n) is 16.1. The second-order valence-corrected chi connectivity index (χ2v) is 7.89. The normalized spacial score (nSPS) is 20.7. The number of hydrogen-bond acceptors (Lipinski definition) is 4. The van der Waals surface area contributed by atoms with Crippen molar-refractivity contribution in [3.05, 3.63) is 18.5 Å². The molecule has 3 heterocycles. The van der Waals surface area contributed by atoms with Crippen molar-refractivity contribution in [3.8, 4) is 0 Å². The Morgan fingerprint density at radius 2 is 2.08 bits per heavy atom. The third kappa shape index (κ3) is 3.86. The zero-order chi connectivity index (χ0) is 18.7. The predicted octanol–water partition coefficient (Wildman–Crippen LogP) is 2.69. The van der Waals surface area contributed by atoms with Crippen LogP contribution in [0.2, 0.25) is 0 Å². The van der Waals surface area contributed by atoms with Crippen molar-refractivity contribution >= 4 is 12.0 Å². The van der Waals surface area contributed by atoms with Gasteiger partial charge in [0.2, 0.25) is 5.91 Å². The molecule has 3 rings (SSSR count). The summed E-state index contributed by atoms with van der Waals surface area (Å²) in [5.74, 6) is 0.666. The van der Waals surface area contributed by atoms with E-state index in [4.69, 9.17) is 4.74 Å². The third-order valence-corrected chi connectivity index (χ3v) is 5.52. The molecule has 2 fully saturated rings. The van der Waals surface area contributed by atoms with E-state index < -0.39 is 5.60 Å². The minimum atomic E-state index is -0.418. The lowest BCUT2D eigenvalue weighted by Gasteiger charge is -2.38. The van der Waals surface area contributed by atoms with Crippen LogP contribution < -0.4 is 0 Å². The van der Waals surface area contributed by atoms with Gasteiger partial charge in [-0.15, -0.1) is 0 Å². The second kappa shape index (κ2) is 7.68. The van der Waals surface area contributed by atoms with Crippen LogP contribution in [0.25, 0.3) is 0 Å². The number of carbonyl (C=O) groups excluding carboxylic acids is 2. The van der Waals surface area contributed by atoms with E-state index >= 15 is 0 Å². The zero-order valence-corrected chi connectivity index (χ0v) is 16.1. The van der Waals surface area contributed by atoms with Gasteiger partial charge in [-0.1, -0.05) is 20.8 Å². The van der Waals surface area contributed by atoms with Gasteiger partial charge in [-0.05, 0) is 24.8 Å². The van der Waals surface area contributed by atoms with Gasteiger partial charge in [0.25, 0.3) is 0 Å². The van der Waals surface area contributed by atoms with Crippen LogP contribution in [0.15, 0.2) is 18.5 Å². The van der Waals surface area contributed by atoms with E-state index in [9.17, 15) is 9.59 Å². The van der Waals surface area contributed by atoms with Gasteiger partial charge >= 0.3 is 6.09 Å². The van der Waals surface area contributed by atoms with Crippen LogP contribution in [-0.4, -0.2) is 63.4 Å². The Hall–Kier alpha value is -2.05. The molecule has 0 saturated carbocycles. The van der Waals surface area contributed by atoms with Crippen LogP contribution in [0.4, 0.5) is 4.79 Å².